The number of esters is 1. The highest BCUT2D eigenvalue weighted by molar-refractivity contribution is 5.69. The molecule has 0 radical (unpaired) electrons. The maximum atomic E-state index is 11.3. The fraction of sp³-hybridized carbons (Fsp3) is 0.958. The van der Waals surface area contributed by atoms with Gasteiger partial charge in [0.1, 0.15) is 6.23 Å². The van der Waals surface area contributed by atoms with Gasteiger partial charge in [0.2, 0.25) is 0 Å². The van der Waals surface area contributed by atoms with Crippen molar-refractivity contribution in [3.63, 3.8) is 0 Å². The maximum Gasteiger partial charge on any atom is 0.307 e. The summed E-state index contributed by atoms with van der Waals surface area (Å²) in [6.07, 6.45) is 22.7. The Morgan fingerprint density at radius 3 is 1.26 bits per heavy atom. The van der Waals surface area contributed by atoms with Gasteiger partial charge in [-0.25, -0.2) is 0 Å². The predicted octanol–water partition coefficient (Wildman–Crippen LogP) is 7.90. The summed E-state index contributed by atoms with van der Waals surface area (Å²) < 4.78 is 4.91. The molecule has 0 aliphatic heterocycles. The zero-order valence-corrected chi connectivity index (χ0v) is 19.2. The van der Waals surface area contributed by atoms with Gasteiger partial charge in [-0.3, -0.25) is 10.5 Å². The Hall–Kier alpha value is -0.570. The molecule has 1 atom stereocenters. The van der Waals surface area contributed by atoms with Gasteiger partial charge in [-0.2, -0.15) is 0 Å². The third-order valence-electron chi connectivity index (χ3n) is 4.80. The van der Waals surface area contributed by atoms with Crippen molar-refractivity contribution in [1.82, 2.24) is 0 Å². The summed E-state index contributed by atoms with van der Waals surface area (Å²) in [6.45, 7) is 8.32. The lowest BCUT2D eigenvalue weighted by Gasteiger charge is -2.07. The average molecular weight is 386 g/mol. The van der Waals surface area contributed by atoms with Gasteiger partial charge in [0.15, 0.2) is 0 Å². The van der Waals surface area contributed by atoms with Gasteiger partial charge in [-0.15, -0.1) is 0 Å². The van der Waals surface area contributed by atoms with E-state index in [-0.39, 0.29) is 5.97 Å². The monoisotopic (exact) mass is 385 g/mol. The summed E-state index contributed by atoms with van der Waals surface area (Å²) in [4.78, 5) is 11.3. The summed E-state index contributed by atoms with van der Waals surface area (Å²) in [5, 5.41) is 0. The van der Waals surface area contributed by atoms with E-state index in [1.807, 2.05) is 0 Å². The summed E-state index contributed by atoms with van der Waals surface area (Å²) in [5.74, 6) is -0.158. The van der Waals surface area contributed by atoms with Gasteiger partial charge in [0, 0.05) is 6.42 Å². The van der Waals surface area contributed by atoms with Crippen LogP contribution in [0.25, 0.3) is 0 Å². The highest BCUT2D eigenvalue weighted by Crippen LogP contribution is 2.13. The van der Waals surface area contributed by atoms with Crippen LogP contribution in [0.15, 0.2) is 0 Å². The number of carbonyl (C=O) groups excluding carboxylic acids is 1. The van der Waals surface area contributed by atoms with E-state index < -0.39 is 6.23 Å². The molecule has 0 bridgehead atoms. The van der Waals surface area contributed by atoms with Crippen molar-refractivity contribution in [2.24, 2.45) is 5.73 Å². The fourth-order valence-corrected chi connectivity index (χ4v) is 2.91. The van der Waals surface area contributed by atoms with Gasteiger partial charge in [0.25, 0.3) is 0 Å². The van der Waals surface area contributed by atoms with E-state index in [4.69, 9.17) is 10.5 Å². The topological polar surface area (TPSA) is 52.3 Å². The number of carbonyl (C=O) groups is 1. The molecule has 3 nitrogen and oxygen atoms in total. The zero-order valence-electron chi connectivity index (χ0n) is 19.2. The number of hydrogen-bond acceptors (Lipinski definition) is 3. The first-order chi connectivity index (χ1) is 13.1. The van der Waals surface area contributed by atoms with Crippen LogP contribution in [0.1, 0.15) is 143 Å². The predicted molar refractivity (Wildman–Crippen MR) is 120 cm³/mol. The van der Waals surface area contributed by atoms with Crippen molar-refractivity contribution in [1.29, 1.82) is 0 Å². The van der Waals surface area contributed by atoms with E-state index in [2.05, 4.69) is 20.8 Å². The molecule has 0 fully saturated rings. The van der Waals surface area contributed by atoms with Crippen molar-refractivity contribution >= 4 is 5.97 Å². The molecule has 0 amide bonds. The Bertz CT molecular complexity index is 278. The molecule has 0 rings (SSSR count). The van der Waals surface area contributed by atoms with Crippen LogP contribution in [0.3, 0.4) is 0 Å². The molecule has 2 N–H and O–H groups in total. The molecule has 0 aromatic heterocycles. The first-order valence-electron chi connectivity index (χ1n) is 12.0. The second-order valence-electron chi connectivity index (χ2n) is 7.89. The van der Waals surface area contributed by atoms with Crippen molar-refractivity contribution < 1.29 is 9.53 Å². The van der Waals surface area contributed by atoms with E-state index in [1.165, 1.54) is 96.3 Å². The molecular weight excluding hydrogens is 334 g/mol. The molecule has 0 aliphatic rings. The van der Waals surface area contributed by atoms with Crippen molar-refractivity contribution in [3.8, 4) is 0 Å². The lowest BCUT2D eigenvalue weighted by Crippen LogP contribution is -2.23. The second-order valence-corrected chi connectivity index (χ2v) is 7.89. The van der Waals surface area contributed by atoms with Crippen LogP contribution in [-0.4, -0.2) is 12.2 Å². The number of nitrogens with two attached hydrogens (primary N) is 1. The third kappa shape index (κ3) is 30.4. The number of rotatable bonds is 18. The molecule has 0 spiro atoms. The minimum absolute atomic E-state index is 0.158. The lowest BCUT2D eigenvalue weighted by molar-refractivity contribution is -0.148. The molecule has 0 saturated carbocycles. The Balaban J connectivity index is 0. The Kier molecular flexibility index (Phi) is 27.0. The van der Waals surface area contributed by atoms with Crippen LogP contribution in [0, 0.1) is 0 Å². The summed E-state index contributed by atoms with van der Waals surface area (Å²) in [7, 11) is 0. The van der Waals surface area contributed by atoms with Crippen molar-refractivity contribution in [2.75, 3.05) is 0 Å². The van der Waals surface area contributed by atoms with E-state index in [9.17, 15) is 4.79 Å². The Morgan fingerprint density at radius 1 is 0.630 bits per heavy atom. The SMILES string of the molecule is CCCC.CCCCCCCCCCCCCCCCCC(=O)OC(C)N. The second kappa shape index (κ2) is 25.4. The van der Waals surface area contributed by atoms with E-state index in [0.717, 1.165) is 12.8 Å². The first-order valence-corrected chi connectivity index (χ1v) is 12.0. The lowest BCUT2D eigenvalue weighted by atomic mass is 10.0. The van der Waals surface area contributed by atoms with Crippen LogP contribution in [0.5, 0.6) is 0 Å². The van der Waals surface area contributed by atoms with Gasteiger partial charge in [0.05, 0.1) is 0 Å². The highest BCUT2D eigenvalue weighted by Gasteiger charge is 2.04. The van der Waals surface area contributed by atoms with Gasteiger partial charge in [-0.1, -0.05) is 124 Å². The van der Waals surface area contributed by atoms with Crippen LogP contribution in [-0.2, 0) is 9.53 Å². The Morgan fingerprint density at radius 2 is 0.963 bits per heavy atom. The first kappa shape index (κ1) is 28.6. The smallest absolute Gasteiger partial charge is 0.307 e. The quantitative estimate of drug-likeness (QED) is 0.148. The van der Waals surface area contributed by atoms with Crippen LogP contribution in [0.4, 0.5) is 0 Å². The molecular formula is C24H51NO2. The summed E-state index contributed by atoms with van der Waals surface area (Å²) in [5.41, 5.74) is 5.41. The zero-order chi connectivity index (χ0) is 20.6. The summed E-state index contributed by atoms with van der Waals surface area (Å²) >= 11 is 0. The molecule has 0 aromatic carbocycles. The van der Waals surface area contributed by atoms with Crippen LogP contribution < -0.4 is 5.73 Å². The summed E-state index contributed by atoms with van der Waals surface area (Å²) in [6, 6.07) is 0. The maximum absolute atomic E-state index is 11.3. The van der Waals surface area contributed by atoms with Crippen molar-refractivity contribution in [3.05, 3.63) is 0 Å². The van der Waals surface area contributed by atoms with E-state index in [1.54, 1.807) is 6.92 Å². The van der Waals surface area contributed by atoms with Gasteiger partial charge in [-0.05, 0) is 13.3 Å². The number of hydrogen-bond donors (Lipinski definition) is 1. The van der Waals surface area contributed by atoms with Crippen LogP contribution >= 0.6 is 0 Å². The Labute approximate surface area is 171 Å². The largest absolute Gasteiger partial charge is 0.447 e. The molecule has 0 saturated heterocycles. The molecule has 3 heteroatoms. The molecule has 164 valence electrons. The number of unbranched alkanes of at least 4 members (excludes halogenated alkanes) is 15. The van der Waals surface area contributed by atoms with Gasteiger partial charge >= 0.3 is 5.97 Å². The molecule has 0 heterocycles. The third-order valence-corrected chi connectivity index (χ3v) is 4.80. The van der Waals surface area contributed by atoms with Crippen LogP contribution in [0.2, 0.25) is 0 Å². The average Bonchev–Trinajstić information content (AvgIpc) is 2.64. The fourth-order valence-electron chi connectivity index (χ4n) is 2.91. The minimum atomic E-state index is -0.473. The van der Waals surface area contributed by atoms with Gasteiger partial charge < -0.3 is 4.74 Å². The standard InChI is InChI=1S/C20H41NO2.C4H10/c1-3-4-5-6-7-8-9-10-11-12-13-14-15-16-17-18-20(22)23-19(2)21;1-3-4-2/h19H,3-18,21H2,1-2H3;3-4H2,1-2H3. The van der Waals surface area contributed by atoms with E-state index in [0.29, 0.717) is 6.42 Å². The highest BCUT2D eigenvalue weighted by atomic mass is 16.5. The molecule has 27 heavy (non-hydrogen) atoms. The molecule has 0 aliphatic carbocycles. The molecule has 1 unspecified atom stereocenters. The number of ether oxygens (including phenoxy) is 1. The normalized spacial score (nSPS) is 11.6. The van der Waals surface area contributed by atoms with E-state index >= 15 is 0 Å². The van der Waals surface area contributed by atoms with Crippen molar-refractivity contribution in [2.45, 2.75) is 149 Å². The molecule has 0 aromatic rings. The minimum Gasteiger partial charge on any atom is -0.447 e.